The van der Waals surface area contributed by atoms with Crippen molar-refractivity contribution in [3.05, 3.63) is 12.2 Å². The second-order valence-electron chi connectivity index (χ2n) is 10.1. The molecule has 0 N–H and O–H groups in total. The van der Waals surface area contributed by atoms with Crippen molar-refractivity contribution >= 4 is 12.1 Å². The number of carbonyl (C=O) groups excluding carboxylic acids is 2. The van der Waals surface area contributed by atoms with Crippen molar-refractivity contribution in [3.8, 4) is 0 Å². The molecule has 4 heteroatoms. The fourth-order valence-electron chi connectivity index (χ4n) is 4.26. The molecule has 0 aliphatic rings. The smallest absolute Gasteiger partial charge is 0.434 e. The maximum atomic E-state index is 11.8. The van der Waals surface area contributed by atoms with Gasteiger partial charge in [0.1, 0.15) is 0 Å². The number of esters is 1. The molecule has 0 rings (SSSR count). The van der Waals surface area contributed by atoms with Crippen LogP contribution in [0.4, 0.5) is 4.79 Å². The van der Waals surface area contributed by atoms with Gasteiger partial charge in [-0.15, -0.1) is 0 Å². The highest BCUT2D eigenvalue weighted by Crippen LogP contribution is 2.12. The number of rotatable bonds is 26. The molecule has 0 aliphatic carbocycles. The van der Waals surface area contributed by atoms with E-state index in [9.17, 15) is 9.59 Å². The largest absolute Gasteiger partial charge is 0.516 e. The van der Waals surface area contributed by atoms with Gasteiger partial charge >= 0.3 is 12.1 Å². The summed E-state index contributed by atoms with van der Waals surface area (Å²) < 4.78 is 9.78. The molecular formula is C31H58O4. The minimum Gasteiger partial charge on any atom is -0.434 e. The van der Waals surface area contributed by atoms with E-state index < -0.39 is 12.1 Å². The first-order valence-corrected chi connectivity index (χ1v) is 15.2. The van der Waals surface area contributed by atoms with Crippen molar-refractivity contribution in [1.82, 2.24) is 0 Å². The lowest BCUT2D eigenvalue weighted by atomic mass is 10.1. The van der Waals surface area contributed by atoms with Gasteiger partial charge in [-0.05, 0) is 38.5 Å². The van der Waals surface area contributed by atoms with E-state index in [1.807, 2.05) is 0 Å². The minimum atomic E-state index is -0.835. The van der Waals surface area contributed by atoms with E-state index in [1.165, 1.54) is 109 Å². The maximum absolute atomic E-state index is 11.8. The van der Waals surface area contributed by atoms with E-state index >= 15 is 0 Å². The van der Waals surface area contributed by atoms with Gasteiger partial charge in [-0.25, -0.2) is 4.79 Å². The summed E-state index contributed by atoms with van der Waals surface area (Å²) in [6.07, 6.45) is 32.3. The molecule has 0 fully saturated rings. The molecule has 0 aromatic heterocycles. The van der Waals surface area contributed by atoms with Crippen LogP contribution in [0.25, 0.3) is 0 Å². The summed E-state index contributed by atoms with van der Waals surface area (Å²) >= 11 is 0. The first-order chi connectivity index (χ1) is 17.2. The lowest BCUT2D eigenvalue weighted by molar-refractivity contribution is -0.139. The lowest BCUT2D eigenvalue weighted by Crippen LogP contribution is -2.14. The summed E-state index contributed by atoms with van der Waals surface area (Å²) in [7, 11) is 0. The van der Waals surface area contributed by atoms with E-state index in [1.54, 1.807) is 0 Å². The number of hydrogen-bond donors (Lipinski definition) is 0. The molecule has 0 aromatic carbocycles. The molecular weight excluding hydrogens is 436 g/mol. The van der Waals surface area contributed by atoms with Gasteiger partial charge in [0.15, 0.2) is 0 Å². The third-order valence-electron chi connectivity index (χ3n) is 6.56. The van der Waals surface area contributed by atoms with E-state index in [0.29, 0.717) is 13.0 Å². The zero-order valence-corrected chi connectivity index (χ0v) is 23.5. The maximum Gasteiger partial charge on any atom is 0.516 e. The van der Waals surface area contributed by atoms with E-state index in [4.69, 9.17) is 9.47 Å². The van der Waals surface area contributed by atoms with Gasteiger partial charge in [0.05, 0.1) is 6.61 Å². The van der Waals surface area contributed by atoms with Crippen molar-refractivity contribution < 1.29 is 19.1 Å². The van der Waals surface area contributed by atoms with Crippen LogP contribution in [-0.4, -0.2) is 18.7 Å². The first-order valence-electron chi connectivity index (χ1n) is 15.2. The molecule has 0 radical (unpaired) electrons. The molecule has 4 nitrogen and oxygen atoms in total. The van der Waals surface area contributed by atoms with E-state index in [2.05, 4.69) is 26.0 Å². The van der Waals surface area contributed by atoms with Crippen molar-refractivity contribution in [1.29, 1.82) is 0 Å². The van der Waals surface area contributed by atoms with Gasteiger partial charge in [0, 0.05) is 6.42 Å². The van der Waals surface area contributed by atoms with Gasteiger partial charge in [-0.1, -0.05) is 135 Å². The minimum absolute atomic E-state index is 0.297. The Balaban J connectivity index is 3.34. The highest BCUT2D eigenvalue weighted by Gasteiger charge is 2.11. The van der Waals surface area contributed by atoms with Crippen molar-refractivity contribution in [2.75, 3.05) is 6.61 Å². The molecule has 0 unspecified atom stereocenters. The molecule has 0 atom stereocenters. The van der Waals surface area contributed by atoms with Crippen LogP contribution in [0.2, 0.25) is 0 Å². The Morgan fingerprint density at radius 3 is 1.40 bits per heavy atom. The Bertz CT molecular complexity index is 486. The van der Waals surface area contributed by atoms with Crippen molar-refractivity contribution in [3.63, 3.8) is 0 Å². The topological polar surface area (TPSA) is 52.6 Å². The van der Waals surface area contributed by atoms with Gasteiger partial charge in [0.25, 0.3) is 0 Å². The quantitative estimate of drug-likeness (QED) is 0.0519. The Morgan fingerprint density at radius 2 is 0.914 bits per heavy atom. The second kappa shape index (κ2) is 28.9. The number of carbonyl (C=O) groups is 2. The lowest BCUT2D eigenvalue weighted by Gasteiger charge is -2.05. The molecule has 35 heavy (non-hydrogen) atoms. The third kappa shape index (κ3) is 28.8. The monoisotopic (exact) mass is 494 g/mol. The first kappa shape index (κ1) is 33.7. The summed E-state index contributed by atoms with van der Waals surface area (Å²) in [6.45, 7) is 4.85. The van der Waals surface area contributed by atoms with Gasteiger partial charge < -0.3 is 9.47 Å². The molecule has 0 saturated heterocycles. The average Bonchev–Trinajstić information content (AvgIpc) is 2.85. The molecule has 0 spiro atoms. The second-order valence-corrected chi connectivity index (χ2v) is 10.1. The fourth-order valence-corrected chi connectivity index (χ4v) is 4.26. The third-order valence-corrected chi connectivity index (χ3v) is 6.56. The number of unbranched alkanes of at least 4 members (excludes halogenated alkanes) is 20. The predicted molar refractivity (Wildman–Crippen MR) is 149 cm³/mol. The number of hydrogen-bond acceptors (Lipinski definition) is 4. The molecule has 0 aliphatic heterocycles. The zero-order chi connectivity index (χ0) is 25.7. The summed E-state index contributed by atoms with van der Waals surface area (Å²) in [6, 6.07) is 0. The SMILES string of the molecule is CCCCCCCCC=CCCCCCCCC(=O)OC(=O)OCCCCCCCCCCCC. The summed E-state index contributed by atoms with van der Waals surface area (Å²) in [5.74, 6) is -0.462. The summed E-state index contributed by atoms with van der Waals surface area (Å²) in [5, 5.41) is 0. The standard InChI is InChI=1S/C31H58O4/c1-3-5-7-9-11-13-15-16-17-18-19-20-22-24-26-28-30(32)35-31(33)34-29-27-25-23-21-14-12-10-8-6-4-2/h16-17H,3-15,18-29H2,1-2H3. The van der Waals surface area contributed by atoms with Crippen molar-refractivity contribution in [2.24, 2.45) is 0 Å². The van der Waals surface area contributed by atoms with Crippen LogP contribution >= 0.6 is 0 Å². The van der Waals surface area contributed by atoms with Crippen LogP contribution < -0.4 is 0 Å². The molecule has 206 valence electrons. The molecule has 0 aromatic rings. The highest BCUT2D eigenvalue weighted by atomic mass is 16.7. The highest BCUT2D eigenvalue weighted by molar-refractivity contribution is 5.81. The fraction of sp³-hybridized carbons (Fsp3) is 0.871. The van der Waals surface area contributed by atoms with Gasteiger partial charge in [-0.2, -0.15) is 0 Å². The Kier molecular flexibility index (Phi) is 27.8. The molecule has 0 bridgehead atoms. The van der Waals surface area contributed by atoms with Crippen LogP contribution in [0.1, 0.15) is 168 Å². The Morgan fingerprint density at radius 1 is 0.514 bits per heavy atom. The molecule has 0 amide bonds. The predicted octanol–water partition coefficient (Wildman–Crippen LogP) is 10.6. The summed E-state index contributed by atoms with van der Waals surface area (Å²) in [4.78, 5) is 23.4. The zero-order valence-electron chi connectivity index (χ0n) is 23.5. The van der Waals surface area contributed by atoms with Gasteiger partial charge in [0.2, 0.25) is 0 Å². The van der Waals surface area contributed by atoms with Crippen LogP contribution in [0.15, 0.2) is 12.2 Å². The number of ether oxygens (including phenoxy) is 2. The van der Waals surface area contributed by atoms with E-state index in [0.717, 1.165) is 38.5 Å². The van der Waals surface area contributed by atoms with Crippen LogP contribution in [0.3, 0.4) is 0 Å². The van der Waals surface area contributed by atoms with Gasteiger partial charge in [-0.3, -0.25) is 4.79 Å². The van der Waals surface area contributed by atoms with E-state index in [-0.39, 0.29) is 0 Å². The molecule has 0 heterocycles. The Hall–Kier alpha value is -1.32. The summed E-state index contributed by atoms with van der Waals surface area (Å²) in [5.41, 5.74) is 0. The van der Waals surface area contributed by atoms with Crippen molar-refractivity contribution in [2.45, 2.75) is 168 Å². The van der Waals surface area contributed by atoms with Crippen LogP contribution in [0, 0.1) is 0 Å². The molecule has 0 saturated carbocycles. The Labute approximate surface area is 218 Å². The number of allylic oxidation sites excluding steroid dienone is 2. The normalized spacial score (nSPS) is 11.3. The van der Waals surface area contributed by atoms with Crippen LogP contribution in [0.5, 0.6) is 0 Å². The van der Waals surface area contributed by atoms with Crippen LogP contribution in [-0.2, 0) is 14.3 Å². The average molecular weight is 495 g/mol.